The van der Waals surface area contributed by atoms with Gasteiger partial charge in [0.1, 0.15) is 6.61 Å². The van der Waals surface area contributed by atoms with Crippen molar-refractivity contribution in [1.29, 1.82) is 0 Å². The number of esters is 2. The van der Waals surface area contributed by atoms with Gasteiger partial charge in [-0.1, -0.05) is 152 Å². The van der Waals surface area contributed by atoms with E-state index in [1.807, 2.05) is 21.1 Å². The molecule has 0 radical (unpaired) electrons. The van der Waals surface area contributed by atoms with E-state index in [0.29, 0.717) is 19.3 Å². The molecular weight excluding hydrogens is 727 g/mol. The summed E-state index contributed by atoms with van der Waals surface area (Å²) in [6.07, 6.45) is 49.7. The number of likely N-dealkylation sites (N-methyl/N-ethyl adjacent to an activating group) is 1. The van der Waals surface area contributed by atoms with Crippen molar-refractivity contribution in [2.45, 2.75) is 199 Å². The molecule has 2 atom stereocenters. The second-order valence-electron chi connectivity index (χ2n) is 16.6. The second-order valence-corrected chi connectivity index (χ2v) is 16.6. The van der Waals surface area contributed by atoms with Crippen LogP contribution >= 0.6 is 0 Å². The number of hydrogen-bond donors (Lipinski definition) is 1. The lowest BCUT2D eigenvalue weighted by molar-refractivity contribution is -0.887. The van der Waals surface area contributed by atoms with Crippen LogP contribution in [-0.2, 0) is 28.6 Å². The zero-order valence-electron chi connectivity index (χ0n) is 38.0. The Balaban J connectivity index is 4.37. The summed E-state index contributed by atoms with van der Waals surface area (Å²) >= 11 is 0. The normalized spacial score (nSPS) is 13.5. The Bertz CT molecular complexity index is 1130. The molecule has 8 nitrogen and oxygen atoms in total. The van der Waals surface area contributed by atoms with Gasteiger partial charge in [-0.3, -0.25) is 9.59 Å². The van der Waals surface area contributed by atoms with Gasteiger partial charge in [0.15, 0.2) is 12.1 Å². The third kappa shape index (κ3) is 38.5. The van der Waals surface area contributed by atoms with Gasteiger partial charge in [0.25, 0.3) is 0 Å². The number of hydrogen-bond acceptors (Lipinski definition) is 6. The Morgan fingerprint density at radius 1 is 0.534 bits per heavy atom. The smallest absolute Gasteiger partial charge is 0.362 e. The topological polar surface area (TPSA) is 99.1 Å². The zero-order valence-corrected chi connectivity index (χ0v) is 38.0. The SMILES string of the molecule is CC/C=C\C/C=C\C/C=C\C/C=C\CCCCCCC(=O)OC(COCCC(C(=O)O)[N+](C)(C)C)COC(=O)CCCCCCCCC/C=C\CCCCCCCC. The number of quaternary nitrogens is 1. The number of carboxylic acid groups (broad SMARTS) is 1. The second kappa shape index (κ2) is 40.8. The molecule has 8 heteroatoms. The molecule has 0 aromatic carbocycles. The van der Waals surface area contributed by atoms with Crippen LogP contribution < -0.4 is 0 Å². The molecule has 0 spiro atoms. The predicted molar refractivity (Wildman–Crippen MR) is 243 cm³/mol. The average molecular weight is 815 g/mol. The molecule has 334 valence electrons. The molecule has 0 aromatic heterocycles. The van der Waals surface area contributed by atoms with Gasteiger partial charge in [-0.05, 0) is 77.0 Å². The zero-order chi connectivity index (χ0) is 42.8. The number of aliphatic carboxylic acids is 1. The molecule has 0 aliphatic carbocycles. The quantitative estimate of drug-likeness (QED) is 0.0284. The van der Waals surface area contributed by atoms with Crippen LogP contribution in [0.4, 0.5) is 0 Å². The Hall–Kier alpha value is -2.97. The monoisotopic (exact) mass is 815 g/mol. The van der Waals surface area contributed by atoms with E-state index < -0.39 is 18.1 Å². The van der Waals surface area contributed by atoms with E-state index in [4.69, 9.17) is 14.2 Å². The Kier molecular flexibility index (Phi) is 38.7. The number of allylic oxidation sites excluding steroid dienone is 10. The first-order valence-electron chi connectivity index (χ1n) is 23.3. The molecule has 1 N–H and O–H groups in total. The number of carbonyl (C=O) groups excluding carboxylic acids is 2. The van der Waals surface area contributed by atoms with Gasteiger partial charge in [-0.2, -0.15) is 0 Å². The number of ether oxygens (including phenoxy) is 3. The lowest BCUT2D eigenvalue weighted by atomic mass is 10.1. The van der Waals surface area contributed by atoms with E-state index in [0.717, 1.165) is 77.0 Å². The van der Waals surface area contributed by atoms with Crippen LogP contribution in [0, 0.1) is 0 Å². The van der Waals surface area contributed by atoms with Gasteiger partial charge >= 0.3 is 17.9 Å². The van der Waals surface area contributed by atoms with Crippen molar-refractivity contribution in [3.8, 4) is 0 Å². The summed E-state index contributed by atoms with van der Waals surface area (Å²) in [6.45, 7) is 4.59. The van der Waals surface area contributed by atoms with Crippen LogP contribution in [0.25, 0.3) is 0 Å². The molecule has 0 saturated carbocycles. The molecule has 0 amide bonds. The maximum atomic E-state index is 12.7. The first-order valence-corrected chi connectivity index (χ1v) is 23.3. The van der Waals surface area contributed by atoms with E-state index in [1.54, 1.807) is 0 Å². The summed E-state index contributed by atoms with van der Waals surface area (Å²) in [5.74, 6) is -1.51. The average Bonchev–Trinajstić information content (AvgIpc) is 3.18. The molecule has 0 fully saturated rings. The standard InChI is InChI=1S/C50H87NO7/c1-6-8-10-12-14-16-18-20-22-24-26-28-30-32-34-36-38-40-48(52)57-45-46(44-56-43-42-47(50(54)55)51(3,4)5)58-49(53)41-39-37-35-33-31-29-27-25-23-21-19-17-15-13-11-9-7-2/h9,11,15,17,20-23,27,29,46-47H,6-8,10,12-14,16,18-19,24-26,28,30-45H2,1-5H3/p+1/b11-9-,17-15-,22-20-,23-21-,29-27-. The van der Waals surface area contributed by atoms with Crippen molar-refractivity contribution < 1.29 is 38.2 Å². The minimum absolute atomic E-state index is 0.0479. The number of carboxylic acids is 1. The van der Waals surface area contributed by atoms with Crippen molar-refractivity contribution in [3.63, 3.8) is 0 Å². The summed E-state index contributed by atoms with van der Waals surface area (Å²) in [7, 11) is 5.51. The number of carbonyl (C=O) groups is 3. The Labute approximate surface area is 356 Å². The fourth-order valence-corrected chi connectivity index (χ4v) is 6.55. The summed E-state index contributed by atoms with van der Waals surface area (Å²) in [6, 6.07) is -0.622. The number of unbranched alkanes of at least 4 members (excludes halogenated alkanes) is 17. The van der Waals surface area contributed by atoms with Gasteiger partial charge in [-0.15, -0.1) is 0 Å². The van der Waals surface area contributed by atoms with Crippen LogP contribution in [0.3, 0.4) is 0 Å². The van der Waals surface area contributed by atoms with Crippen LogP contribution in [0.2, 0.25) is 0 Å². The predicted octanol–water partition coefficient (Wildman–Crippen LogP) is 13.0. The summed E-state index contributed by atoms with van der Waals surface area (Å²) in [4.78, 5) is 37.0. The number of rotatable bonds is 41. The van der Waals surface area contributed by atoms with E-state index in [-0.39, 0.29) is 36.2 Å². The minimum Gasteiger partial charge on any atom is -0.477 e. The lowest BCUT2D eigenvalue weighted by Crippen LogP contribution is -2.50. The molecule has 2 unspecified atom stereocenters. The molecule has 0 aromatic rings. The Morgan fingerprint density at radius 2 is 0.966 bits per heavy atom. The minimum atomic E-state index is -0.881. The molecule has 0 saturated heterocycles. The summed E-state index contributed by atoms with van der Waals surface area (Å²) < 4.78 is 17.3. The Morgan fingerprint density at radius 3 is 1.45 bits per heavy atom. The molecule has 0 aliphatic rings. The van der Waals surface area contributed by atoms with Gasteiger partial charge in [0.2, 0.25) is 0 Å². The highest BCUT2D eigenvalue weighted by Crippen LogP contribution is 2.14. The largest absolute Gasteiger partial charge is 0.477 e. The van der Waals surface area contributed by atoms with E-state index in [1.165, 1.54) is 77.0 Å². The third-order valence-corrected chi connectivity index (χ3v) is 10.2. The first kappa shape index (κ1) is 55.0. The van der Waals surface area contributed by atoms with E-state index in [9.17, 15) is 19.5 Å². The van der Waals surface area contributed by atoms with E-state index >= 15 is 0 Å². The van der Waals surface area contributed by atoms with Crippen LogP contribution in [0.15, 0.2) is 60.8 Å². The molecule has 0 aliphatic heterocycles. The van der Waals surface area contributed by atoms with Gasteiger partial charge in [0, 0.05) is 19.3 Å². The first-order chi connectivity index (χ1) is 28.1. The third-order valence-electron chi connectivity index (χ3n) is 10.2. The van der Waals surface area contributed by atoms with Crippen LogP contribution in [-0.4, -0.2) is 80.6 Å². The van der Waals surface area contributed by atoms with Crippen molar-refractivity contribution >= 4 is 17.9 Å². The van der Waals surface area contributed by atoms with Crippen LogP contribution in [0.5, 0.6) is 0 Å². The van der Waals surface area contributed by atoms with Crippen molar-refractivity contribution in [3.05, 3.63) is 60.8 Å². The van der Waals surface area contributed by atoms with Crippen molar-refractivity contribution in [2.75, 3.05) is 41.0 Å². The van der Waals surface area contributed by atoms with E-state index in [2.05, 4.69) is 74.6 Å². The van der Waals surface area contributed by atoms with Gasteiger partial charge in [-0.25, -0.2) is 4.79 Å². The lowest BCUT2D eigenvalue weighted by Gasteiger charge is -2.31. The highest BCUT2D eigenvalue weighted by Gasteiger charge is 2.31. The number of nitrogens with zero attached hydrogens (tertiary/aromatic N) is 1. The summed E-state index contributed by atoms with van der Waals surface area (Å²) in [5, 5.41) is 9.63. The molecular formula is C50H88NO7+. The van der Waals surface area contributed by atoms with Crippen molar-refractivity contribution in [2.24, 2.45) is 0 Å². The maximum Gasteiger partial charge on any atom is 0.362 e. The molecule has 0 heterocycles. The van der Waals surface area contributed by atoms with Gasteiger partial charge < -0.3 is 23.8 Å². The highest BCUT2D eigenvalue weighted by molar-refractivity contribution is 5.72. The summed E-state index contributed by atoms with van der Waals surface area (Å²) in [5.41, 5.74) is 0. The van der Waals surface area contributed by atoms with Gasteiger partial charge in [0.05, 0.1) is 34.4 Å². The highest BCUT2D eigenvalue weighted by atomic mass is 16.6. The van der Waals surface area contributed by atoms with Crippen LogP contribution in [0.1, 0.15) is 187 Å². The van der Waals surface area contributed by atoms with Crippen molar-refractivity contribution in [1.82, 2.24) is 0 Å². The molecule has 0 bridgehead atoms. The fraction of sp³-hybridized carbons (Fsp3) is 0.740. The molecule has 58 heavy (non-hydrogen) atoms. The fourth-order valence-electron chi connectivity index (χ4n) is 6.55. The molecule has 0 rings (SSSR count). The maximum absolute atomic E-state index is 12.7.